The molecule has 0 radical (unpaired) electrons. The fourth-order valence-corrected chi connectivity index (χ4v) is 3.29. The number of halogens is 2. The largest absolute Gasteiger partial charge is 0.497 e. The fraction of sp³-hybridized carbons (Fsp3) is 0.130. The van der Waals surface area contributed by atoms with Crippen molar-refractivity contribution in [2.24, 2.45) is 5.10 Å². The molecule has 152 valence electrons. The van der Waals surface area contributed by atoms with Gasteiger partial charge in [-0.15, -0.1) is 0 Å². The second-order valence-electron chi connectivity index (χ2n) is 6.88. The molecule has 1 amide bonds. The Morgan fingerprint density at radius 1 is 1.10 bits per heavy atom. The average Bonchev–Trinajstić information content (AvgIpc) is 2.72. The predicted octanol–water partition coefficient (Wildman–Crippen LogP) is 4.10. The van der Waals surface area contributed by atoms with Crippen LogP contribution in [0.3, 0.4) is 0 Å². The van der Waals surface area contributed by atoms with Gasteiger partial charge in [0.1, 0.15) is 23.5 Å². The Balaban J connectivity index is 1.75. The second-order valence-corrected chi connectivity index (χ2v) is 6.88. The standard InChI is InChI=1S/C23H19F2N3O2/c1-14-3-4-16(19-10-7-17(24)12-20(19)25)11-22-26-21(13-23(29)28(22)27-14)15-5-8-18(30-2)9-6-15/h3-13,22,26H,1-2H3. The summed E-state index contributed by atoms with van der Waals surface area (Å²) in [4.78, 5) is 12.8. The molecule has 1 unspecified atom stereocenters. The van der Waals surface area contributed by atoms with E-state index in [-0.39, 0.29) is 11.5 Å². The number of hydrazone groups is 1. The maximum Gasteiger partial charge on any atom is 0.271 e. The molecule has 2 aliphatic rings. The van der Waals surface area contributed by atoms with Crippen LogP contribution in [-0.2, 0) is 4.79 Å². The first-order valence-corrected chi connectivity index (χ1v) is 9.31. The van der Waals surface area contributed by atoms with Crippen LogP contribution in [0.4, 0.5) is 8.78 Å². The third kappa shape index (κ3) is 3.87. The van der Waals surface area contributed by atoms with E-state index in [1.807, 2.05) is 12.1 Å². The van der Waals surface area contributed by atoms with Crippen molar-refractivity contribution < 1.29 is 18.3 Å². The van der Waals surface area contributed by atoms with Gasteiger partial charge in [-0.2, -0.15) is 5.10 Å². The normalized spacial score (nSPS) is 18.4. The van der Waals surface area contributed by atoms with Crippen LogP contribution >= 0.6 is 0 Å². The molecule has 0 bridgehead atoms. The van der Waals surface area contributed by atoms with Gasteiger partial charge in [-0.25, -0.2) is 13.8 Å². The van der Waals surface area contributed by atoms with Crippen LogP contribution in [0, 0.1) is 11.6 Å². The molecule has 2 aromatic rings. The summed E-state index contributed by atoms with van der Waals surface area (Å²) in [5.41, 5.74) is 2.72. The summed E-state index contributed by atoms with van der Waals surface area (Å²) in [6.07, 6.45) is 5.88. The van der Waals surface area contributed by atoms with Crippen molar-refractivity contribution in [3.8, 4) is 5.75 Å². The van der Waals surface area contributed by atoms with E-state index in [0.29, 0.717) is 22.7 Å². The lowest BCUT2D eigenvalue weighted by Gasteiger charge is -2.33. The molecule has 2 heterocycles. The summed E-state index contributed by atoms with van der Waals surface area (Å²) >= 11 is 0. The van der Waals surface area contributed by atoms with Crippen LogP contribution in [0.5, 0.6) is 5.75 Å². The summed E-state index contributed by atoms with van der Waals surface area (Å²) in [7, 11) is 1.58. The summed E-state index contributed by atoms with van der Waals surface area (Å²) in [5.74, 6) is -0.940. The number of methoxy groups -OCH3 is 1. The molecule has 30 heavy (non-hydrogen) atoms. The van der Waals surface area contributed by atoms with E-state index in [9.17, 15) is 13.6 Å². The molecule has 5 nitrogen and oxygen atoms in total. The molecule has 0 saturated carbocycles. The highest BCUT2D eigenvalue weighted by Crippen LogP contribution is 2.27. The third-order valence-electron chi connectivity index (χ3n) is 4.81. The van der Waals surface area contributed by atoms with E-state index in [1.165, 1.54) is 23.2 Å². The van der Waals surface area contributed by atoms with E-state index in [1.54, 1.807) is 44.4 Å². The molecule has 1 atom stereocenters. The monoisotopic (exact) mass is 407 g/mol. The van der Waals surface area contributed by atoms with Crippen LogP contribution in [0.15, 0.2) is 71.9 Å². The summed E-state index contributed by atoms with van der Waals surface area (Å²) in [5, 5.41) is 8.92. The Hall–Kier alpha value is -3.74. The molecule has 4 rings (SSSR count). The molecule has 0 aromatic heterocycles. The summed E-state index contributed by atoms with van der Waals surface area (Å²) in [6, 6.07) is 10.7. The van der Waals surface area contributed by atoms with Crippen LogP contribution < -0.4 is 10.1 Å². The number of amides is 1. The van der Waals surface area contributed by atoms with E-state index in [4.69, 9.17) is 4.74 Å². The van der Waals surface area contributed by atoms with Crippen LogP contribution in [0.2, 0.25) is 0 Å². The van der Waals surface area contributed by atoms with E-state index >= 15 is 0 Å². The van der Waals surface area contributed by atoms with Crippen LogP contribution in [-0.4, -0.2) is 29.9 Å². The molecule has 2 aliphatic heterocycles. The van der Waals surface area contributed by atoms with Gasteiger partial charge in [0.05, 0.1) is 12.8 Å². The fourth-order valence-electron chi connectivity index (χ4n) is 3.29. The van der Waals surface area contributed by atoms with Crippen molar-refractivity contribution >= 4 is 22.9 Å². The van der Waals surface area contributed by atoms with Crippen molar-refractivity contribution in [1.29, 1.82) is 0 Å². The lowest BCUT2D eigenvalue weighted by molar-refractivity contribution is -0.128. The zero-order valence-corrected chi connectivity index (χ0v) is 16.4. The van der Waals surface area contributed by atoms with Crippen molar-refractivity contribution in [1.82, 2.24) is 10.3 Å². The van der Waals surface area contributed by atoms with E-state index in [0.717, 1.165) is 11.6 Å². The number of carbonyl (C=O) groups excluding carboxylic acids is 1. The molecule has 1 N–H and O–H groups in total. The van der Waals surface area contributed by atoms with Gasteiger partial charge in [0.25, 0.3) is 5.91 Å². The number of fused-ring (bicyclic) bond motifs is 1. The Bertz CT molecular complexity index is 1120. The van der Waals surface area contributed by atoms with Gasteiger partial charge in [-0.05, 0) is 66.6 Å². The van der Waals surface area contributed by atoms with Gasteiger partial charge in [0.15, 0.2) is 0 Å². The number of ether oxygens (including phenoxy) is 1. The number of allylic oxidation sites excluding steroid dienone is 3. The quantitative estimate of drug-likeness (QED) is 0.834. The van der Waals surface area contributed by atoms with Crippen molar-refractivity contribution in [3.63, 3.8) is 0 Å². The Morgan fingerprint density at radius 2 is 1.87 bits per heavy atom. The lowest BCUT2D eigenvalue weighted by Crippen LogP contribution is -2.47. The van der Waals surface area contributed by atoms with Gasteiger partial charge in [0, 0.05) is 23.4 Å². The number of benzene rings is 2. The molecular weight excluding hydrogens is 388 g/mol. The maximum absolute atomic E-state index is 14.4. The van der Waals surface area contributed by atoms with Crippen molar-refractivity contribution in [2.45, 2.75) is 13.1 Å². The molecule has 0 aliphatic carbocycles. The number of nitrogens with zero attached hydrogens (tertiary/aromatic N) is 2. The number of hydrogen-bond donors (Lipinski definition) is 1. The van der Waals surface area contributed by atoms with Gasteiger partial charge in [-0.3, -0.25) is 4.79 Å². The zero-order valence-electron chi connectivity index (χ0n) is 16.4. The van der Waals surface area contributed by atoms with E-state index < -0.39 is 17.8 Å². The molecule has 0 saturated heterocycles. The number of carbonyl (C=O) groups is 1. The highest BCUT2D eigenvalue weighted by Gasteiger charge is 2.28. The highest BCUT2D eigenvalue weighted by molar-refractivity contribution is 6.01. The average molecular weight is 407 g/mol. The first kappa shape index (κ1) is 19.6. The van der Waals surface area contributed by atoms with Gasteiger partial charge in [0.2, 0.25) is 0 Å². The molecular formula is C23H19F2N3O2. The van der Waals surface area contributed by atoms with E-state index in [2.05, 4.69) is 10.4 Å². The van der Waals surface area contributed by atoms with Gasteiger partial charge < -0.3 is 10.1 Å². The molecule has 0 spiro atoms. The molecule has 0 fully saturated rings. The Kier molecular flexibility index (Phi) is 5.18. The first-order valence-electron chi connectivity index (χ1n) is 9.31. The predicted molar refractivity (Wildman–Crippen MR) is 111 cm³/mol. The van der Waals surface area contributed by atoms with Gasteiger partial charge >= 0.3 is 0 Å². The Morgan fingerprint density at radius 3 is 2.57 bits per heavy atom. The van der Waals surface area contributed by atoms with Crippen molar-refractivity contribution in [2.75, 3.05) is 7.11 Å². The minimum Gasteiger partial charge on any atom is -0.497 e. The SMILES string of the molecule is COc1ccc(C2=CC(=O)N3N=C(C)C=CC(c4ccc(F)cc4F)=CC3N2)cc1. The number of nitrogens with one attached hydrogen (secondary N) is 1. The van der Waals surface area contributed by atoms with Crippen molar-refractivity contribution in [3.05, 3.63) is 89.5 Å². The smallest absolute Gasteiger partial charge is 0.271 e. The molecule has 7 heteroatoms. The van der Waals surface area contributed by atoms with Crippen LogP contribution in [0.1, 0.15) is 18.1 Å². The molecule has 2 aromatic carbocycles. The van der Waals surface area contributed by atoms with Gasteiger partial charge in [-0.1, -0.05) is 6.08 Å². The topological polar surface area (TPSA) is 53.9 Å². The minimum atomic E-state index is -0.680. The third-order valence-corrected chi connectivity index (χ3v) is 4.81. The second kappa shape index (κ2) is 7.94. The minimum absolute atomic E-state index is 0.233. The Labute approximate surface area is 172 Å². The highest BCUT2D eigenvalue weighted by atomic mass is 19.1. The lowest BCUT2D eigenvalue weighted by atomic mass is 10.0. The zero-order chi connectivity index (χ0) is 21.3. The number of hydrogen-bond acceptors (Lipinski definition) is 4. The first-order chi connectivity index (χ1) is 14.4. The summed E-state index contributed by atoms with van der Waals surface area (Å²) in [6.45, 7) is 1.74. The number of rotatable bonds is 3. The summed E-state index contributed by atoms with van der Waals surface area (Å²) < 4.78 is 32.9. The maximum atomic E-state index is 14.4. The van der Waals surface area contributed by atoms with Crippen LogP contribution in [0.25, 0.3) is 11.3 Å².